The number of hydrogen-bond acceptors (Lipinski definition) is 3. The number of carbonyl (C=O) groups excluding carboxylic acids is 1. The fourth-order valence-corrected chi connectivity index (χ4v) is 1.57. The van der Waals surface area contributed by atoms with Crippen LogP contribution in [0.25, 0.3) is 6.08 Å². The summed E-state index contributed by atoms with van der Waals surface area (Å²) in [4.78, 5) is 11.6. The second kappa shape index (κ2) is 5.05. The number of aromatic nitrogens is 2. The van der Waals surface area contributed by atoms with Gasteiger partial charge in [0.1, 0.15) is 5.54 Å². The summed E-state index contributed by atoms with van der Waals surface area (Å²) in [5, 5.41) is 15.7. The van der Waals surface area contributed by atoms with Gasteiger partial charge in [0.2, 0.25) is 5.91 Å². The zero-order chi connectivity index (χ0) is 13.9. The van der Waals surface area contributed by atoms with E-state index in [0.29, 0.717) is 0 Å². The first-order valence-corrected chi connectivity index (χ1v) is 5.68. The Hall–Kier alpha value is -2.09. The average molecular weight is 246 g/mol. The van der Waals surface area contributed by atoms with Crippen molar-refractivity contribution in [1.29, 1.82) is 5.26 Å². The molecule has 1 aromatic heterocycles. The summed E-state index contributed by atoms with van der Waals surface area (Å²) < 4.78 is 1.77. The maximum Gasteiger partial charge on any atom is 0.245 e. The minimum atomic E-state index is -0.861. The molecule has 0 saturated heterocycles. The molecule has 0 unspecified atom stereocenters. The predicted octanol–water partition coefficient (Wildman–Crippen LogP) is 1.47. The van der Waals surface area contributed by atoms with Crippen LogP contribution in [0.1, 0.15) is 30.8 Å². The molecule has 0 aliphatic carbocycles. The van der Waals surface area contributed by atoms with Crippen LogP contribution in [0.3, 0.4) is 0 Å². The van der Waals surface area contributed by atoms with Crippen LogP contribution >= 0.6 is 0 Å². The maximum atomic E-state index is 11.6. The fraction of sp³-hybridized carbons (Fsp3) is 0.462. The number of amides is 1. The molecule has 0 bridgehead atoms. The van der Waals surface area contributed by atoms with E-state index in [0.717, 1.165) is 17.0 Å². The average Bonchev–Trinajstić information content (AvgIpc) is 2.50. The zero-order valence-corrected chi connectivity index (χ0v) is 11.4. The predicted molar refractivity (Wildman–Crippen MR) is 69.6 cm³/mol. The first-order valence-electron chi connectivity index (χ1n) is 5.68. The molecular weight excluding hydrogens is 228 g/mol. The highest BCUT2D eigenvalue weighted by molar-refractivity contribution is 5.92. The van der Waals surface area contributed by atoms with Gasteiger partial charge in [0.25, 0.3) is 0 Å². The standard InChI is InChI=1S/C13H18N4O/c1-9-11(10(2)17(5)16-9)6-7-12(18)15-13(3,4)8-14/h6-7H,1-5H3,(H,15,18)/b7-6+. The third kappa shape index (κ3) is 3.20. The lowest BCUT2D eigenvalue weighted by Crippen LogP contribution is -2.41. The van der Waals surface area contributed by atoms with Gasteiger partial charge in [-0.2, -0.15) is 10.4 Å². The smallest absolute Gasteiger partial charge is 0.245 e. The number of nitrogens with one attached hydrogen (secondary N) is 1. The summed E-state index contributed by atoms with van der Waals surface area (Å²) >= 11 is 0. The van der Waals surface area contributed by atoms with Crippen molar-refractivity contribution in [3.8, 4) is 6.07 Å². The van der Waals surface area contributed by atoms with Gasteiger partial charge in [0.05, 0.1) is 11.8 Å². The van der Waals surface area contributed by atoms with Crippen LogP contribution in [0.2, 0.25) is 0 Å². The minimum Gasteiger partial charge on any atom is -0.335 e. The van der Waals surface area contributed by atoms with Crippen molar-refractivity contribution < 1.29 is 4.79 Å². The molecule has 0 radical (unpaired) electrons. The Morgan fingerprint density at radius 1 is 1.50 bits per heavy atom. The molecule has 5 heteroatoms. The highest BCUT2D eigenvalue weighted by atomic mass is 16.1. The first-order chi connectivity index (χ1) is 8.26. The quantitative estimate of drug-likeness (QED) is 0.821. The van der Waals surface area contributed by atoms with Crippen molar-refractivity contribution >= 4 is 12.0 Å². The monoisotopic (exact) mass is 246 g/mol. The Kier molecular flexibility index (Phi) is 3.92. The summed E-state index contributed by atoms with van der Waals surface area (Å²) in [6.45, 7) is 7.14. The van der Waals surface area contributed by atoms with E-state index in [4.69, 9.17) is 5.26 Å². The second-order valence-electron chi connectivity index (χ2n) is 4.77. The third-order valence-corrected chi connectivity index (χ3v) is 2.68. The van der Waals surface area contributed by atoms with Gasteiger partial charge in [0.15, 0.2) is 0 Å². The lowest BCUT2D eigenvalue weighted by atomic mass is 10.1. The van der Waals surface area contributed by atoms with Gasteiger partial charge in [-0.25, -0.2) is 0 Å². The Bertz CT molecular complexity index is 532. The molecule has 0 aliphatic rings. The van der Waals surface area contributed by atoms with Crippen molar-refractivity contribution in [2.45, 2.75) is 33.2 Å². The SMILES string of the molecule is Cc1nn(C)c(C)c1/C=C/C(=O)NC(C)(C)C#N. The molecule has 5 nitrogen and oxygen atoms in total. The van der Waals surface area contributed by atoms with Gasteiger partial charge in [-0.3, -0.25) is 9.48 Å². The molecule has 0 atom stereocenters. The van der Waals surface area contributed by atoms with Gasteiger partial charge < -0.3 is 5.32 Å². The molecule has 0 fully saturated rings. The van der Waals surface area contributed by atoms with E-state index in [1.165, 1.54) is 6.08 Å². The summed E-state index contributed by atoms with van der Waals surface area (Å²) in [6.07, 6.45) is 3.15. The summed E-state index contributed by atoms with van der Waals surface area (Å²) in [5.41, 5.74) is 1.94. The van der Waals surface area contributed by atoms with Gasteiger partial charge in [-0.05, 0) is 33.8 Å². The fourth-order valence-electron chi connectivity index (χ4n) is 1.57. The number of rotatable bonds is 3. The van der Waals surface area contributed by atoms with Gasteiger partial charge in [0, 0.05) is 24.4 Å². The number of nitriles is 1. The van der Waals surface area contributed by atoms with Crippen LogP contribution in [-0.2, 0) is 11.8 Å². The van der Waals surface area contributed by atoms with Crippen molar-refractivity contribution in [3.63, 3.8) is 0 Å². The normalized spacial score (nSPS) is 11.6. The molecule has 96 valence electrons. The lowest BCUT2D eigenvalue weighted by molar-refractivity contribution is -0.117. The zero-order valence-electron chi connectivity index (χ0n) is 11.4. The molecule has 1 N–H and O–H groups in total. The number of hydrogen-bond donors (Lipinski definition) is 1. The van der Waals surface area contributed by atoms with Crippen molar-refractivity contribution in [2.75, 3.05) is 0 Å². The molecule has 0 spiro atoms. The molecule has 1 rings (SSSR count). The van der Waals surface area contributed by atoms with Crippen LogP contribution in [0.4, 0.5) is 0 Å². The molecule has 0 aromatic carbocycles. The summed E-state index contributed by atoms with van der Waals surface area (Å²) in [5.74, 6) is -0.288. The van der Waals surface area contributed by atoms with Crippen LogP contribution in [0.5, 0.6) is 0 Å². The van der Waals surface area contributed by atoms with E-state index in [2.05, 4.69) is 10.4 Å². The Morgan fingerprint density at radius 2 is 2.11 bits per heavy atom. The number of carbonyl (C=O) groups is 1. The molecule has 0 aliphatic heterocycles. The molecule has 0 saturated carbocycles. The van der Waals surface area contributed by atoms with Gasteiger partial charge in [-0.15, -0.1) is 0 Å². The molecular formula is C13H18N4O. The topological polar surface area (TPSA) is 70.7 Å². The van der Waals surface area contributed by atoms with Crippen LogP contribution in [-0.4, -0.2) is 21.2 Å². The third-order valence-electron chi connectivity index (χ3n) is 2.68. The summed E-state index contributed by atoms with van der Waals surface area (Å²) in [7, 11) is 1.86. The maximum absolute atomic E-state index is 11.6. The van der Waals surface area contributed by atoms with E-state index in [9.17, 15) is 4.79 Å². The Labute approximate surface area is 107 Å². The van der Waals surface area contributed by atoms with Crippen LogP contribution < -0.4 is 5.32 Å². The van der Waals surface area contributed by atoms with Crippen LogP contribution in [0.15, 0.2) is 6.08 Å². The van der Waals surface area contributed by atoms with E-state index in [-0.39, 0.29) is 5.91 Å². The van der Waals surface area contributed by atoms with Crippen molar-refractivity contribution in [3.05, 3.63) is 23.0 Å². The highest BCUT2D eigenvalue weighted by Gasteiger charge is 2.17. The number of nitrogens with zero attached hydrogens (tertiary/aromatic N) is 3. The molecule has 1 amide bonds. The van der Waals surface area contributed by atoms with E-state index in [1.54, 1.807) is 24.6 Å². The molecule has 1 heterocycles. The largest absolute Gasteiger partial charge is 0.335 e. The lowest BCUT2D eigenvalue weighted by Gasteiger charge is -2.15. The van der Waals surface area contributed by atoms with Gasteiger partial charge >= 0.3 is 0 Å². The van der Waals surface area contributed by atoms with Gasteiger partial charge in [-0.1, -0.05) is 0 Å². The Balaban J connectivity index is 2.82. The van der Waals surface area contributed by atoms with E-state index in [1.807, 2.05) is 27.0 Å². The highest BCUT2D eigenvalue weighted by Crippen LogP contribution is 2.13. The molecule has 1 aromatic rings. The van der Waals surface area contributed by atoms with E-state index >= 15 is 0 Å². The van der Waals surface area contributed by atoms with Crippen molar-refractivity contribution in [2.24, 2.45) is 7.05 Å². The van der Waals surface area contributed by atoms with Crippen LogP contribution in [0, 0.1) is 25.2 Å². The second-order valence-corrected chi connectivity index (χ2v) is 4.77. The minimum absolute atomic E-state index is 0.288. The van der Waals surface area contributed by atoms with E-state index < -0.39 is 5.54 Å². The van der Waals surface area contributed by atoms with Crippen molar-refractivity contribution in [1.82, 2.24) is 15.1 Å². The molecule has 18 heavy (non-hydrogen) atoms. The number of aryl methyl sites for hydroxylation is 2. The first kappa shape index (κ1) is 14.0. The summed E-state index contributed by atoms with van der Waals surface area (Å²) in [6, 6.07) is 2.01. The Morgan fingerprint density at radius 3 is 2.56 bits per heavy atom.